The maximum Gasteiger partial charge on any atom is 0.418 e. The molecule has 0 bridgehead atoms. The van der Waals surface area contributed by atoms with Gasteiger partial charge in [-0.25, -0.2) is 9.59 Å². The number of rotatable bonds is 19. The highest BCUT2D eigenvalue weighted by molar-refractivity contribution is 5.88. The third kappa shape index (κ3) is 8.89. The Labute approximate surface area is 215 Å². The van der Waals surface area contributed by atoms with Crippen LogP contribution in [0.25, 0.3) is 0 Å². The van der Waals surface area contributed by atoms with Crippen LogP contribution in [0.4, 0.5) is 0 Å². The molecule has 1 aromatic carbocycles. The summed E-state index contributed by atoms with van der Waals surface area (Å²) in [7, 11) is 0. The van der Waals surface area contributed by atoms with Gasteiger partial charge in [0, 0.05) is 5.92 Å². The molecule has 0 aliphatic heterocycles. The Morgan fingerprint density at radius 3 is 2.25 bits per heavy atom. The van der Waals surface area contributed by atoms with Crippen molar-refractivity contribution in [2.24, 2.45) is 11.3 Å². The third-order valence-corrected chi connectivity index (χ3v) is 6.42. The molecule has 7 heteroatoms. The van der Waals surface area contributed by atoms with Crippen molar-refractivity contribution in [2.75, 3.05) is 13.2 Å². The quantitative estimate of drug-likeness (QED) is 0.111. The lowest BCUT2D eigenvalue weighted by atomic mass is 10.0. The predicted molar refractivity (Wildman–Crippen MR) is 136 cm³/mol. The van der Waals surface area contributed by atoms with Crippen LogP contribution < -0.4 is 4.74 Å². The fourth-order valence-corrected chi connectivity index (χ4v) is 4.13. The number of carbonyl (C=O) groups is 2. The first kappa shape index (κ1) is 29.2. The van der Waals surface area contributed by atoms with Crippen molar-refractivity contribution in [3.63, 3.8) is 0 Å². The highest BCUT2D eigenvalue weighted by Crippen LogP contribution is 2.55. The van der Waals surface area contributed by atoms with E-state index in [4.69, 9.17) is 25.4 Å². The first-order chi connectivity index (χ1) is 17.5. The highest BCUT2D eigenvalue weighted by Gasteiger charge is 2.66. The fraction of sp³-hybridized carbons (Fsp3) is 0.621. The molecule has 0 heterocycles. The van der Waals surface area contributed by atoms with E-state index in [0.29, 0.717) is 13.0 Å². The van der Waals surface area contributed by atoms with E-state index in [2.05, 4.69) is 12.8 Å². The number of esters is 2. The first-order valence-corrected chi connectivity index (χ1v) is 13.1. The molecule has 0 spiro atoms. The van der Waals surface area contributed by atoms with Gasteiger partial charge in [-0.2, -0.15) is 0 Å². The minimum atomic E-state index is -1.32. The van der Waals surface area contributed by atoms with E-state index >= 15 is 0 Å². The van der Waals surface area contributed by atoms with Crippen LogP contribution in [-0.2, 0) is 35.2 Å². The Morgan fingerprint density at radius 1 is 0.972 bits per heavy atom. The van der Waals surface area contributed by atoms with Gasteiger partial charge < -0.3 is 18.9 Å². The van der Waals surface area contributed by atoms with Gasteiger partial charge in [0.05, 0.1) is 13.2 Å². The maximum absolute atomic E-state index is 12.6. The van der Waals surface area contributed by atoms with Crippen molar-refractivity contribution in [1.82, 2.24) is 0 Å². The third-order valence-electron chi connectivity index (χ3n) is 6.42. The summed E-state index contributed by atoms with van der Waals surface area (Å²) in [6.45, 7) is 6.24. The van der Waals surface area contributed by atoms with Crippen LogP contribution in [0.5, 0.6) is 5.75 Å². The molecule has 1 saturated carbocycles. The van der Waals surface area contributed by atoms with Crippen molar-refractivity contribution < 1.29 is 33.3 Å². The second-order valence-electron chi connectivity index (χ2n) is 9.26. The van der Waals surface area contributed by atoms with Crippen LogP contribution in [0.15, 0.2) is 24.3 Å². The molecule has 0 saturated heterocycles. The molecule has 0 aromatic heterocycles. The van der Waals surface area contributed by atoms with Crippen molar-refractivity contribution in [3.8, 4) is 18.1 Å². The van der Waals surface area contributed by atoms with Gasteiger partial charge in [0.2, 0.25) is 6.10 Å². The van der Waals surface area contributed by atoms with Gasteiger partial charge in [-0.3, -0.25) is 4.79 Å². The molecule has 197 valence electrons. The Hall–Kier alpha value is -3.01. The molecule has 3 atom stereocenters. The van der Waals surface area contributed by atoms with Gasteiger partial charge in [0.15, 0.2) is 0 Å². The normalized spacial score (nSPS) is 19.0. The average Bonchev–Trinajstić information content (AvgIpc) is 3.64. The SMILES string of the molecule is C#CC1(C(=O)OCCC)CC1C(O[C]=O)C(=O)OCc1ccc(OCCCCCCCCCC)cc1. The van der Waals surface area contributed by atoms with Crippen molar-refractivity contribution >= 4 is 18.4 Å². The van der Waals surface area contributed by atoms with Gasteiger partial charge >= 0.3 is 18.4 Å². The topological polar surface area (TPSA) is 88.1 Å². The number of unbranched alkanes of at least 4 members (excludes halogenated alkanes) is 7. The smallest absolute Gasteiger partial charge is 0.418 e. The van der Waals surface area contributed by atoms with Gasteiger partial charge in [-0.15, -0.1) is 6.42 Å². The molecule has 1 aromatic rings. The van der Waals surface area contributed by atoms with Crippen LogP contribution in [0.2, 0.25) is 0 Å². The van der Waals surface area contributed by atoms with Gasteiger partial charge in [-0.1, -0.05) is 76.8 Å². The number of ether oxygens (including phenoxy) is 4. The van der Waals surface area contributed by atoms with Gasteiger partial charge in [0.1, 0.15) is 17.8 Å². The standard InChI is InChI=1S/C29H39O7/c1-4-7-8-9-10-11-12-13-19-33-24-16-14-23(15-17-24)21-35-27(31)26(36-22-30)25-20-29(25,6-3)28(32)34-18-5-2/h3,14-17,25-26H,4-5,7-13,18-21H2,1-2H3. The molecule has 1 aliphatic carbocycles. The largest absolute Gasteiger partial charge is 0.494 e. The second-order valence-corrected chi connectivity index (χ2v) is 9.26. The summed E-state index contributed by atoms with van der Waals surface area (Å²) in [6.07, 6.45) is 15.0. The Morgan fingerprint density at radius 2 is 1.64 bits per heavy atom. The van der Waals surface area contributed by atoms with E-state index in [0.717, 1.165) is 17.7 Å². The molecule has 0 N–H and O–H groups in total. The first-order valence-electron chi connectivity index (χ1n) is 13.1. The van der Waals surface area contributed by atoms with Crippen LogP contribution >= 0.6 is 0 Å². The van der Waals surface area contributed by atoms with E-state index in [9.17, 15) is 14.4 Å². The minimum Gasteiger partial charge on any atom is -0.494 e. The summed E-state index contributed by atoms with van der Waals surface area (Å²) in [5, 5.41) is 0. The lowest BCUT2D eigenvalue weighted by Gasteiger charge is -2.16. The molecule has 0 amide bonds. The Kier molecular flexibility index (Phi) is 12.9. The van der Waals surface area contributed by atoms with E-state index in [-0.39, 0.29) is 19.6 Å². The van der Waals surface area contributed by atoms with Crippen LogP contribution in [0, 0.1) is 23.7 Å². The molecular formula is C29H39O7. The maximum atomic E-state index is 12.6. The molecular weight excluding hydrogens is 460 g/mol. The van der Waals surface area contributed by atoms with Gasteiger partial charge in [-0.05, 0) is 37.0 Å². The highest BCUT2D eigenvalue weighted by atomic mass is 16.6. The zero-order chi connectivity index (χ0) is 26.2. The second kappa shape index (κ2) is 15.9. The minimum absolute atomic E-state index is 0.0219. The zero-order valence-electron chi connectivity index (χ0n) is 21.6. The summed E-state index contributed by atoms with van der Waals surface area (Å²) in [6, 6.07) is 7.27. The summed E-state index contributed by atoms with van der Waals surface area (Å²) in [4.78, 5) is 35.9. The van der Waals surface area contributed by atoms with Crippen LogP contribution in [0.1, 0.15) is 83.6 Å². The Balaban J connectivity index is 1.75. The number of hydrogen-bond acceptors (Lipinski definition) is 7. The number of hydrogen-bond donors (Lipinski definition) is 0. The van der Waals surface area contributed by atoms with Crippen molar-refractivity contribution in [1.29, 1.82) is 0 Å². The molecule has 1 fully saturated rings. The van der Waals surface area contributed by atoms with Crippen molar-refractivity contribution in [2.45, 2.75) is 90.8 Å². The van der Waals surface area contributed by atoms with Crippen LogP contribution in [0.3, 0.4) is 0 Å². The summed E-state index contributed by atoms with van der Waals surface area (Å²) in [5.74, 6) is 1.10. The fourth-order valence-electron chi connectivity index (χ4n) is 4.13. The van der Waals surface area contributed by atoms with E-state index in [1.165, 1.54) is 51.4 Å². The molecule has 36 heavy (non-hydrogen) atoms. The average molecular weight is 500 g/mol. The van der Waals surface area contributed by atoms with Crippen molar-refractivity contribution in [3.05, 3.63) is 29.8 Å². The molecule has 7 nitrogen and oxygen atoms in total. The Bertz CT molecular complexity index is 857. The summed E-state index contributed by atoms with van der Waals surface area (Å²) < 4.78 is 21.1. The lowest BCUT2D eigenvalue weighted by molar-refractivity contribution is -0.157. The molecule has 1 aliphatic rings. The number of carbonyl (C=O) groups excluding carboxylic acids is 3. The summed E-state index contributed by atoms with van der Waals surface area (Å²) in [5.41, 5.74) is -0.540. The van der Waals surface area contributed by atoms with E-state index in [1.807, 2.05) is 31.2 Å². The monoisotopic (exact) mass is 499 g/mol. The molecule has 3 unspecified atom stereocenters. The lowest BCUT2D eigenvalue weighted by Crippen LogP contribution is -2.33. The summed E-state index contributed by atoms with van der Waals surface area (Å²) >= 11 is 0. The number of terminal acetylenes is 1. The predicted octanol–water partition coefficient (Wildman–Crippen LogP) is 5.29. The van der Waals surface area contributed by atoms with Gasteiger partial charge in [0.25, 0.3) is 0 Å². The molecule has 2 rings (SSSR count). The van der Waals surface area contributed by atoms with E-state index < -0.39 is 29.4 Å². The molecule has 1 radical (unpaired) electrons. The number of benzene rings is 1. The van der Waals surface area contributed by atoms with E-state index in [1.54, 1.807) is 0 Å². The van der Waals surface area contributed by atoms with Crippen LogP contribution in [-0.4, -0.2) is 37.7 Å². The zero-order valence-corrected chi connectivity index (χ0v) is 21.6.